The summed E-state index contributed by atoms with van der Waals surface area (Å²) in [7, 11) is 0. The minimum atomic E-state index is -0.451. The van der Waals surface area contributed by atoms with E-state index < -0.39 is 5.82 Å². The fourth-order valence-corrected chi connectivity index (χ4v) is 1.82. The molecule has 2 aromatic carbocycles. The first kappa shape index (κ1) is 13.7. The normalized spacial score (nSPS) is 10.0. The summed E-state index contributed by atoms with van der Waals surface area (Å²) in [5.41, 5.74) is 0.701. The molecule has 0 saturated carbocycles. The van der Waals surface area contributed by atoms with Gasteiger partial charge in [-0.25, -0.2) is 4.39 Å². The Kier molecular flexibility index (Phi) is 4.26. The molecule has 0 aliphatic rings. The summed E-state index contributed by atoms with van der Waals surface area (Å²) in [5, 5.41) is 9.70. The zero-order valence-electron chi connectivity index (χ0n) is 9.66. The highest BCUT2D eigenvalue weighted by atomic mass is 35.5. The van der Waals surface area contributed by atoms with Gasteiger partial charge < -0.3 is 4.74 Å². The van der Waals surface area contributed by atoms with Crippen LogP contribution in [0.25, 0.3) is 0 Å². The smallest absolute Gasteiger partial charge is 0.139 e. The minimum absolute atomic E-state index is 0.00196. The van der Waals surface area contributed by atoms with Crippen molar-refractivity contribution in [3.8, 4) is 11.8 Å². The highest BCUT2D eigenvalue weighted by molar-refractivity contribution is 6.31. The molecule has 0 aliphatic heterocycles. The summed E-state index contributed by atoms with van der Waals surface area (Å²) >= 11 is 11.5. The van der Waals surface area contributed by atoms with Crippen molar-refractivity contribution in [2.45, 2.75) is 6.61 Å². The third-order valence-corrected chi connectivity index (χ3v) is 2.93. The van der Waals surface area contributed by atoms with E-state index in [2.05, 4.69) is 0 Å². The summed E-state index contributed by atoms with van der Waals surface area (Å²) < 4.78 is 19.0. The van der Waals surface area contributed by atoms with E-state index in [-0.39, 0.29) is 6.61 Å². The lowest BCUT2D eigenvalue weighted by Crippen LogP contribution is -2.00. The molecule has 0 spiro atoms. The van der Waals surface area contributed by atoms with Crippen molar-refractivity contribution in [1.29, 1.82) is 5.26 Å². The van der Waals surface area contributed by atoms with Crippen LogP contribution in [0.1, 0.15) is 11.1 Å². The summed E-state index contributed by atoms with van der Waals surface area (Å²) in [6.07, 6.45) is 0. The number of hydrogen-bond donors (Lipinski definition) is 0. The average Bonchev–Trinajstić information content (AvgIpc) is 2.38. The van der Waals surface area contributed by atoms with Crippen molar-refractivity contribution in [3.05, 3.63) is 63.4 Å². The molecule has 0 atom stereocenters. The van der Waals surface area contributed by atoms with Gasteiger partial charge in [0.15, 0.2) is 0 Å². The van der Waals surface area contributed by atoms with Gasteiger partial charge in [-0.3, -0.25) is 0 Å². The van der Waals surface area contributed by atoms with Gasteiger partial charge in [0, 0.05) is 21.7 Å². The Hall–Kier alpha value is -1.76. The summed E-state index contributed by atoms with van der Waals surface area (Å²) in [4.78, 5) is 0. The largest absolute Gasteiger partial charge is 0.487 e. The third-order valence-electron chi connectivity index (χ3n) is 2.46. The van der Waals surface area contributed by atoms with Crippen molar-refractivity contribution < 1.29 is 9.13 Å². The number of rotatable bonds is 3. The van der Waals surface area contributed by atoms with Crippen molar-refractivity contribution in [2.75, 3.05) is 0 Å². The van der Waals surface area contributed by atoms with E-state index in [1.54, 1.807) is 18.2 Å². The first-order valence-corrected chi connectivity index (χ1v) is 6.12. The van der Waals surface area contributed by atoms with Gasteiger partial charge in [0.2, 0.25) is 0 Å². The van der Waals surface area contributed by atoms with E-state index in [4.69, 9.17) is 33.2 Å². The van der Waals surface area contributed by atoms with Gasteiger partial charge in [-0.05, 0) is 24.3 Å². The monoisotopic (exact) mass is 295 g/mol. The van der Waals surface area contributed by atoms with Gasteiger partial charge in [0.1, 0.15) is 24.2 Å². The van der Waals surface area contributed by atoms with Crippen LogP contribution in [0.15, 0.2) is 36.4 Å². The minimum Gasteiger partial charge on any atom is -0.487 e. The second-order valence-electron chi connectivity index (χ2n) is 3.78. The molecule has 5 heteroatoms. The molecule has 0 N–H and O–H groups in total. The van der Waals surface area contributed by atoms with Crippen LogP contribution in [0.2, 0.25) is 10.0 Å². The van der Waals surface area contributed by atoms with Crippen LogP contribution in [0.4, 0.5) is 4.39 Å². The van der Waals surface area contributed by atoms with Crippen molar-refractivity contribution >= 4 is 23.2 Å². The predicted octanol–water partition coefficient (Wildman–Crippen LogP) is 4.58. The Morgan fingerprint density at radius 3 is 2.47 bits per heavy atom. The van der Waals surface area contributed by atoms with Gasteiger partial charge in [-0.1, -0.05) is 29.3 Å². The molecule has 2 rings (SSSR count). The fraction of sp³-hybridized carbons (Fsp3) is 0.0714. The third kappa shape index (κ3) is 3.37. The molecule has 96 valence electrons. The summed E-state index contributed by atoms with van der Waals surface area (Å²) in [6.45, 7) is -0.00196. The number of nitrogens with zero attached hydrogens (tertiary/aromatic N) is 1. The predicted molar refractivity (Wildman–Crippen MR) is 71.9 cm³/mol. The number of benzene rings is 2. The number of ether oxygens (including phenoxy) is 1. The highest BCUT2D eigenvalue weighted by Gasteiger charge is 2.07. The van der Waals surface area contributed by atoms with E-state index in [0.717, 1.165) is 0 Å². The molecule has 0 unspecified atom stereocenters. The van der Waals surface area contributed by atoms with Crippen molar-refractivity contribution in [2.24, 2.45) is 0 Å². The first-order valence-electron chi connectivity index (χ1n) is 5.36. The molecule has 0 amide bonds. The lowest BCUT2D eigenvalue weighted by molar-refractivity contribution is 0.299. The Bertz CT molecular complexity index is 652. The van der Waals surface area contributed by atoms with E-state index >= 15 is 0 Å². The van der Waals surface area contributed by atoms with Crippen LogP contribution in [-0.2, 0) is 6.61 Å². The standard InChI is InChI=1S/C14H8Cl2FNO/c15-11-4-2-10(13(17)5-11)8-19-14-6-12(16)3-1-9(14)7-18/h1-6H,8H2. The second kappa shape index (κ2) is 5.92. The van der Waals surface area contributed by atoms with Gasteiger partial charge in [-0.15, -0.1) is 0 Å². The molecule has 0 radical (unpaired) electrons. The van der Waals surface area contributed by atoms with Crippen LogP contribution in [0.3, 0.4) is 0 Å². The molecule has 2 aromatic rings. The average molecular weight is 296 g/mol. The maximum atomic E-state index is 13.6. The number of nitriles is 1. The zero-order valence-corrected chi connectivity index (χ0v) is 11.2. The Labute approximate surface area is 119 Å². The Morgan fingerprint density at radius 2 is 1.79 bits per heavy atom. The molecule has 0 bridgehead atoms. The van der Waals surface area contributed by atoms with Crippen LogP contribution < -0.4 is 4.74 Å². The van der Waals surface area contributed by atoms with Gasteiger partial charge >= 0.3 is 0 Å². The highest BCUT2D eigenvalue weighted by Crippen LogP contribution is 2.24. The summed E-state index contributed by atoms with van der Waals surface area (Å²) in [6, 6.07) is 11.0. The molecule has 19 heavy (non-hydrogen) atoms. The number of hydrogen-bond acceptors (Lipinski definition) is 2. The van der Waals surface area contributed by atoms with Gasteiger partial charge in [0.05, 0.1) is 5.56 Å². The van der Waals surface area contributed by atoms with E-state index in [1.165, 1.54) is 18.2 Å². The van der Waals surface area contributed by atoms with E-state index in [0.29, 0.717) is 26.9 Å². The molecule has 0 heterocycles. The van der Waals surface area contributed by atoms with Crippen LogP contribution in [0.5, 0.6) is 5.75 Å². The maximum Gasteiger partial charge on any atom is 0.139 e. The molecular weight excluding hydrogens is 288 g/mol. The van der Waals surface area contributed by atoms with Crippen LogP contribution >= 0.6 is 23.2 Å². The van der Waals surface area contributed by atoms with E-state index in [9.17, 15) is 4.39 Å². The van der Waals surface area contributed by atoms with Gasteiger partial charge in [-0.2, -0.15) is 5.26 Å². The lowest BCUT2D eigenvalue weighted by atomic mass is 10.2. The van der Waals surface area contributed by atoms with Crippen LogP contribution in [0, 0.1) is 17.1 Å². The first-order chi connectivity index (χ1) is 9.10. The molecule has 0 aliphatic carbocycles. The molecular formula is C14H8Cl2FNO. The van der Waals surface area contributed by atoms with Gasteiger partial charge in [0.25, 0.3) is 0 Å². The summed E-state index contributed by atoms with van der Waals surface area (Å²) in [5.74, 6) is -0.127. The molecule has 2 nitrogen and oxygen atoms in total. The lowest BCUT2D eigenvalue weighted by Gasteiger charge is -2.09. The Balaban J connectivity index is 2.19. The van der Waals surface area contributed by atoms with E-state index in [1.807, 2.05) is 6.07 Å². The topological polar surface area (TPSA) is 33.0 Å². The van der Waals surface area contributed by atoms with Crippen molar-refractivity contribution in [1.82, 2.24) is 0 Å². The van der Waals surface area contributed by atoms with Crippen LogP contribution in [-0.4, -0.2) is 0 Å². The Morgan fingerprint density at radius 1 is 1.11 bits per heavy atom. The number of halogens is 3. The quantitative estimate of drug-likeness (QED) is 0.830. The fourth-order valence-electron chi connectivity index (χ4n) is 1.50. The second-order valence-corrected chi connectivity index (χ2v) is 4.65. The maximum absolute atomic E-state index is 13.6. The zero-order chi connectivity index (χ0) is 13.8. The molecule has 0 saturated heterocycles. The molecule has 0 aromatic heterocycles. The van der Waals surface area contributed by atoms with Crippen molar-refractivity contribution in [3.63, 3.8) is 0 Å². The molecule has 0 fully saturated rings. The SMILES string of the molecule is N#Cc1ccc(Cl)cc1OCc1ccc(Cl)cc1F.